The van der Waals surface area contributed by atoms with E-state index in [4.69, 9.17) is 36.9 Å². The summed E-state index contributed by atoms with van der Waals surface area (Å²) in [5.74, 6) is -0.138. The number of hydrogen-bond acceptors (Lipinski definition) is 9. The van der Waals surface area contributed by atoms with Gasteiger partial charge in [-0.3, -0.25) is 4.84 Å². The first-order chi connectivity index (χ1) is 17.3. The van der Waals surface area contributed by atoms with E-state index < -0.39 is 24.1 Å². The SMILES string of the molecule is CC[C@@H](NC(=O)N1CC2=NOON2C[C@H](Cc2cc(Cl)ccc2OC)O1)c1ccc(C(=O)O)c(N)c1. The molecule has 192 valence electrons. The quantitative estimate of drug-likeness (QED) is 0.370. The molecule has 2 amide bonds. The van der Waals surface area contributed by atoms with Gasteiger partial charge in [0.2, 0.25) is 0 Å². The van der Waals surface area contributed by atoms with Crippen molar-refractivity contribution in [2.24, 2.45) is 5.16 Å². The number of amidine groups is 1. The van der Waals surface area contributed by atoms with Gasteiger partial charge >= 0.3 is 12.0 Å². The summed E-state index contributed by atoms with van der Waals surface area (Å²) in [6.07, 6.45) is 0.321. The summed E-state index contributed by atoms with van der Waals surface area (Å²) in [4.78, 5) is 40.5. The fourth-order valence-electron chi connectivity index (χ4n) is 4.00. The summed E-state index contributed by atoms with van der Waals surface area (Å²) < 4.78 is 5.44. The fourth-order valence-corrected chi connectivity index (χ4v) is 4.20. The topological polar surface area (TPSA) is 148 Å². The minimum Gasteiger partial charge on any atom is -0.496 e. The lowest BCUT2D eigenvalue weighted by atomic mass is 10.0. The molecule has 0 unspecified atom stereocenters. The van der Waals surface area contributed by atoms with Crippen molar-refractivity contribution in [1.29, 1.82) is 0 Å². The number of nitrogens with one attached hydrogen (secondary N) is 1. The molecular weight excluding hydrogens is 494 g/mol. The molecule has 0 aromatic heterocycles. The summed E-state index contributed by atoms with van der Waals surface area (Å²) in [6.45, 7) is 2.07. The number of benzene rings is 2. The first kappa shape index (κ1) is 25.4. The third-order valence-electron chi connectivity index (χ3n) is 5.82. The molecule has 0 bridgehead atoms. The van der Waals surface area contributed by atoms with Crippen LogP contribution >= 0.6 is 11.6 Å². The van der Waals surface area contributed by atoms with Crippen LogP contribution in [0.15, 0.2) is 41.6 Å². The number of carboxylic acid groups (broad SMARTS) is 1. The Bertz CT molecular complexity index is 1180. The molecule has 2 aliphatic rings. The van der Waals surface area contributed by atoms with Gasteiger partial charge in [0, 0.05) is 17.1 Å². The van der Waals surface area contributed by atoms with Crippen LogP contribution in [-0.2, 0) is 21.2 Å². The van der Waals surface area contributed by atoms with Crippen LogP contribution in [0.4, 0.5) is 10.5 Å². The number of amides is 2. The number of fused-ring (bicyclic) bond motifs is 1. The molecule has 1 fully saturated rings. The van der Waals surface area contributed by atoms with E-state index in [2.05, 4.69) is 10.5 Å². The van der Waals surface area contributed by atoms with Gasteiger partial charge in [-0.05, 0) is 58.0 Å². The third-order valence-corrected chi connectivity index (χ3v) is 6.05. The fraction of sp³-hybridized carbons (Fsp3) is 0.348. The predicted octanol–water partition coefficient (Wildman–Crippen LogP) is 3.14. The van der Waals surface area contributed by atoms with Crippen molar-refractivity contribution in [3.05, 3.63) is 58.1 Å². The molecule has 2 atom stereocenters. The number of hydroxylamine groups is 4. The van der Waals surface area contributed by atoms with E-state index in [-0.39, 0.29) is 24.3 Å². The van der Waals surface area contributed by atoms with Crippen LogP contribution in [-0.4, -0.2) is 59.4 Å². The Morgan fingerprint density at radius 2 is 2.14 bits per heavy atom. The van der Waals surface area contributed by atoms with Crippen molar-refractivity contribution >= 4 is 35.1 Å². The molecule has 36 heavy (non-hydrogen) atoms. The van der Waals surface area contributed by atoms with Gasteiger partial charge in [0.25, 0.3) is 0 Å². The molecule has 0 spiro atoms. The smallest absolute Gasteiger partial charge is 0.342 e. The van der Waals surface area contributed by atoms with Gasteiger partial charge in [0.15, 0.2) is 5.84 Å². The monoisotopic (exact) mass is 519 g/mol. The molecule has 2 aromatic rings. The molecule has 1 saturated heterocycles. The third kappa shape index (κ3) is 5.56. The Balaban J connectivity index is 1.53. The van der Waals surface area contributed by atoms with Gasteiger partial charge in [0.05, 0.1) is 25.3 Å². The standard InChI is InChI=1S/C23H26ClN5O7/c1-3-19(13-4-6-17(22(30)31)18(25)10-13)26-23(32)29-12-21-27-35-36-28(21)11-16(34-29)9-14-8-15(24)5-7-20(14)33-2/h4-8,10,16,19H,3,9,11-12,25H2,1-2H3,(H,26,32)(H,30,31)/t16-,19+/m0/s1. The zero-order valence-corrected chi connectivity index (χ0v) is 20.4. The van der Waals surface area contributed by atoms with E-state index in [1.54, 1.807) is 37.4 Å². The Labute approximate surface area is 211 Å². The van der Waals surface area contributed by atoms with Crippen LogP contribution in [0.1, 0.15) is 40.9 Å². The van der Waals surface area contributed by atoms with Gasteiger partial charge in [-0.25, -0.2) is 9.59 Å². The molecule has 12 nitrogen and oxygen atoms in total. The van der Waals surface area contributed by atoms with E-state index in [1.165, 1.54) is 11.1 Å². The number of hydrogen-bond donors (Lipinski definition) is 3. The maximum atomic E-state index is 13.3. The van der Waals surface area contributed by atoms with Crippen molar-refractivity contribution in [2.75, 3.05) is 25.9 Å². The summed E-state index contributed by atoms with van der Waals surface area (Å²) in [5.41, 5.74) is 7.45. The van der Waals surface area contributed by atoms with Gasteiger partial charge in [0.1, 0.15) is 18.4 Å². The molecule has 4 rings (SSSR count). The molecule has 13 heteroatoms. The average molecular weight is 520 g/mol. The maximum absolute atomic E-state index is 13.3. The highest BCUT2D eigenvalue weighted by Gasteiger charge is 2.36. The molecule has 2 heterocycles. The summed E-state index contributed by atoms with van der Waals surface area (Å²) in [7, 11) is 1.56. The Kier molecular flexibility index (Phi) is 7.67. The lowest BCUT2D eigenvalue weighted by Gasteiger charge is -2.27. The van der Waals surface area contributed by atoms with E-state index in [0.717, 1.165) is 10.6 Å². The van der Waals surface area contributed by atoms with E-state index in [1.807, 2.05) is 6.92 Å². The number of aromatic carboxylic acids is 1. The second-order valence-corrected chi connectivity index (χ2v) is 8.64. The zero-order chi connectivity index (χ0) is 25.8. The largest absolute Gasteiger partial charge is 0.496 e. The van der Waals surface area contributed by atoms with Gasteiger partial charge < -0.3 is 20.9 Å². The van der Waals surface area contributed by atoms with E-state index in [9.17, 15) is 14.7 Å². The summed E-state index contributed by atoms with van der Waals surface area (Å²) >= 11 is 6.17. The van der Waals surface area contributed by atoms with Crippen molar-refractivity contribution in [1.82, 2.24) is 15.4 Å². The zero-order valence-electron chi connectivity index (χ0n) is 19.6. The highest BCUT2D eigenvalue weighted by molar-refractivity contribution is 6.30. The van der Waals surface area contributed by atoms with E-state index in [0.29, 0.717) is 35.0 Å². The average Bonchev–Trinajstić information content (AvgIpc) is 3.20. The van der Waals surface area contributed by atoms with Crippen molar-refractivity contribution in [2.45, 2.75) is 31.9 Å². The number of halogens is 1. The second-order valence-electron chi connectivity index (χ2n) is 8.20. The molecule has 4 N–H and O–H groups in total. The lowest BCUT2D eigenvalue weighted by Crippen LogP contribution is -2.45. The number of carbonyl (C=O) groups is 2. The van der Waals surface area contributed by atoms with Crippen LogP contribution in [0, 0.1) is 0 Å². The molecule has 2 aromatic carbocycles. The van der Waals surface area contributed by atoms with Crippen LogP contribution < -0.4 is 15.8 Å². The van der Waals surface area contributed by atoms with Crippen LogP contribution in [0.3, 0.4) is 0 Å². The number of nitrogen functional groups attached to an aromatic ring is 1. The summed E-state index contributed by atoms with van der Waals surface area (Å²) in [6, 6.07) is 8.86. The first-order valence-corrected chi connectivity index (χ1v) is 11.5. The van der Waals surface area contributed by atoms with Crippen molar-refractivity contribution < 1.29 is 34.2 Å². The molecule has 2 aliphatic heterocycles. The second kappa shape index (κ2) is 10.9. The molecule has 0 radical (unpaired) electrons. The lowest BCUT2D eigenvalue weighted by molar-refractivity contribution is -0.382. The number of anilines is 1. The number of nitrogens with zero attached hydrogens (tertiary/aromatic N) is 3. The highest BCUT2D eigenvalue weighted by atomic mass is 35.5. The Morgan fingerprint density at radius 1 is 1.33 bits per heavy atom. The number of oxime groups is 1. The minimum atomic E-state index is -1.12. The highest BCUT2D eigenvalue weighted by Crippen LogP contribution is 2.27. The minimum absolute atomic E-state index is 0.00518. The number of carbonyl (C=O) groups excluding carboxylic acids is 1. The van der Waals surface area contributed by atoms with Crippen molar-refractivity contribution in [3.8, 4) is 5.75 Å². The molecule has 0 aliphatic carbocycles. The number of ether oxygens (including phenoxy) is 1. The molecular formula is C23H26ClN5O7. The van der Waals surface area contributed by atoms with Crippen LogP contribution in [0.25, 0.3) is 0 Å². The van der Waals surface area contributed by atoms with Gasteiger partial charge in [-0.1, -0.05) is 24.6 Å². The maximum Gasteiger partial charge on any atom is 0.342 e. The molecule has 0 saturated carbocycles. The van der Waals surface area contributed by atoms with Crippen LogP contribution in [0.5, 0.6) is 5.75 Å². The first-order valence-electron chi connectivity index (χ1n) is 11.2. The summed E-state index contributed by atoms with van der Waals surface area (Å²) in [5, 5.41) is 19.1. The number of nitrogens with two attached hydrogens (primary N) is 1. The number of rotatable bonds is 7. The Hall–Kier alpha value is -3.74. The van der Waals surface area contributed by atoms with E-state index >= 15 is 0 Å². The van der Waals surface area contributed by atoms with Crippen LogP contribution in [0.2, 0.25) is 5.02 Å². The number of methoxy groups -OCH3 is 1. The number of carboxylic acids is 1. The van der Waals surface area contributed by atoms with Gasteiger partial charge in [-0.2, -0.15) is 15.1 Å². The number of urea groups is 1. The van der Waals surface area contributed by atoms with Gasteiger partial charge in [-0.15, -0.1) is 0 Å². The predicted molar refractivity (Wildman–Crippen MR) is 129 cm³/mol. The normalized spacial score (nSPS) is 18.0. The Morgan fingerprint density at radius 3 is 2.83 bits per heavy atom. The van der Waals surface area contributed by atoms with Crippen molar-refractivity contribution in [3.63, 3.8) is 0 Å².